The van der Waals surface area contributed by atoms with Gasteiger partial charge in [-0.15, -0.1) is 0 Å². The molecule has 0 amide bonds. The smallest absolute Gasteiger partial charge is 0.306 e. The van der Waals surface area contributed by atoms with Crippen LogP contribution in [-0.2, 0) is 19.7 Å². The average molecular weight is 292 g/mol. The zero-order valence-electron chi connectivity index (χ0n) is 12.1. The summed E-state index contributed by atoms with van der Waals surface area (Å²) in [6.45, 7) is 4.41. The number of esters is 1. The van der Waals surface area contributed by atoms with Crippen molar-refractivity contribution in [2.45, 2.75) is 45.6 Å². The SMILES string of the molecule is COC(=O)CCN(C)S(=O)(=O)NC1CCC(C)(C)C1. The molecule has 0 aliphatic heterocycles. The lowest BCUT2D eigenvalue weighted by atomic mass is 9.92. The van der Waals surface area contributed by atoms with Gasteiger partial charge in [0.2, 0.25) is 0 Å². The minimum absolute atomic E-state index is 0.0134. The lowest BCUT2D eigenvalue weighted by Crippen LogP contribution is -2.43. The lowest BCUT2D eigenvalue weighted by Gasteiger charge is -2.21. The van der Waals surface area contributed by atoms with Crippen LogP contribution in [0.15, 0.2) is 0 Å². The molecule has 1 saturated carbocycles. The van der Waals surface area contributed by atoms with Gasteiger partial charge in [-0.05, 0) is 24.7 Å². The van der Waals surface area contributed by atoms with Gasteiger partial charge >= 0.3 is 5.97 Å². The molecule has 1 aliphatic rings. The third kappa shape index (κ3) is 5.08. The highest BCUT2D eigenvalue weighted by Gasteiger charge is 2.34. The van der Waals surface area contributed by atoms with E-state index in [1.807, 2.05) is 0 Å². The van der Waals surface area contributed by atoms with Crippen molar-refractivity contribution in [3.8, 4) is 0 Å². The molecule has 0 radical (unpaired) electrons. The van der Waals surface area contributed by atoms with Crippen LogP contribution in [0.2, 0.25) is 0 Å². The second-order valence-corrected chi connectivity index (χ2v) is 7.68. The highest BCUT2D eigenvalue weighted by molar-refractivity contribution is 7.87. The van der Waals surface area contributed by atoms with Gasteiger partial charge in [-0.3, -0.25) is 4.79 Å². The number of carbonyl (C=O) groups excluding carboxylic acids is 1. The van der Waals surface area contributed by atoms with Crippen molar-refractivity contribution in [1.29, 1.82) is 0 Å². The van der Waals surface area contributed by atoms with Crippen molar-refractivity contribution < 1.29 is 17.9 Å². The van der Waals surface area contributed by atoms with Crippen LogP contribution in [0.5, 0.6) is 0 Å². The Bertz CT molecular complexity index is 419. The number of methoxy groups -OCH3 is 1. The zero-order valence-corrected chi connectivity index (χ0v) is 12.9. The fourth-order valence-corrected chi connectivity index (χ4v) is 3.44. The number of ether oxygens (including phenoxy) is 1. The summed E-state index contributed by atoms with van der Waals surface area (Å²) in [5, 5.41) is 0. The van der Waals surface area contributed by atoms with Gasteiger partial charge in [0.05, 0.1) is 13.5 Å². The summed E-state index contributed by atoms with van der Waals surface area (Å²) in [4.78, 5) is 11.0. The normalized spacial score (nSPS) is 22.7. The van der Waals surface area contributed by atoms with E-state index in [1.165, 1.54) is 14.2 Å². The van der Waals surface area contributed by atoms with Crippen LogP contribution in [0.25, 0.3) is 0 Å². The predicted molar refractivity (Wildman–Crippen MR) is 72.7 cm³/mol. The van der Waals surface area contributed by atoms with Crippen LogP contribution in [-0.4, -0.2) is 45.4 Å². The fourth-order valence-electron chi connectivity index (χ4n) is 2.31. The Hall–Kier alpha value is -0.660. The van der Waals surface area contributed by atoms with E-state index in [0.717, 1.165) is 23.6 Å². The lowest BCUT2D eigenvalue weighted by molar-refractivity contribution is -0.140. The van der Waals surface area contributed by atoms with Crippen LogP contribution in [0.1, 0.15) is 39.5 Å². The second kappa shape index (κ2) is 6.19. The van der Waals surface area contributed by atoms with E-state index in [1.54, 1.807) is 0 Å². The predicted octanol–water partition coefficient (Wildman–Crippen LogP) is 0.894. The molecule has 0 aromatic rings. The molecule has 6 nitrogen and oxygen atoms in total. The van der Waals surface area contributed by atoms with Gasteiger partial charge in [0.15, 0.2) is 0 Å². The Kier molecular flexibility index (Phi) is 5.34. The number of nitrogens with zero attached hydrogens (tertiary/aromatic N) is 1. The molecule has 1 rings (SSSR count). The Morgan fingerprint density at radius 1 is 1.47 bits per heavy atom. The van der Waals surface area contributed by atoms with Crippen LogP contribution < -0.4 is 4.72 Å². The molecule has 19 heavy (non-hydrogen) atoms. The van der Waals surface area contributed by atoms with Crippen LogP contribution in [0.4, 0.5) is 0 Å². The Balaban J connectivity index is 2.49. The van der Waals surface area contributed by atoms with E-state index in [4.69, 9.17) is 0 Å². The fraction of sp³-hybridized carbons (Fsp3) is 0.917. The van der Waals surface area contributed by atoms with Crippen LogP contribution >= 0.6 is 0 Å². The number of hydrogen-bond acceptors (Lipinski definition) is 4. The molecule has 0 aromatic heterocycles. The first kappa shape index (κ1) is 16.4. The Labute approximate surface area is 115 Å². The van der Waals surface area contributed by atoms with Crippen molar-refractivity contribution in [1.82, 2.24) is 9.03 Å². The molecule has 1 N–H and O–H groups in total. The zero-order chi connectivity index (χ0) is 14.7. The molecule has 0 aromatic carbocycles. The summed E-state index contributed by atoms with van der Waals surface area (Å²) in [5.74, 6) is -0.413. The highest BCUT2D eigenvalue weighted by atomic mass is 32.2. The maximum Gasteiger partial charge on any atom is 0.306 e. The van der Waals surface area contributed by atoms with Crippen molar-refractivity contribution in [3.05, 3.63) is 0 Å². The van der Waals surface area contributed by atoms with E-state index in [2.05, 4.69) is 23.3 Å². The average Bonchev–Trinajstić information content (AvgIpc) is 2.64. The Morgan fingerprint density at radius 2 is 2.11 bits per heavy atom. The first-order chi connectivity index (χ1) is 8.66. The quantitative estimate of drug-likeness (QED) is 0.738. The standard InChI is InChI=1S/C12H24N2O4S/c1-12(2)7-5-10(9-12)13-19(16,17)14(3)8-6-11(15)18-4/h10,13H,5-9H2,1-4H3. The van der Waals surface area contributed by atoms with Gasteiger partial charge in [-0.2, -0.15) is 17.4 Å². The maximum atomic E-state index is 12.1. The van der Waals surface area contributed by atoms with Crippen molar-refractivity contribution in [3.63, 3.8) is 0 Å². The molecule has 1 atom stereocenters. The van der Waals surface area contributed by atoms with E-state index in [-0.39, 0.29) is 24.4 Å². The molecule has 1 fully saturated rings. The molecule has 0 heterocycles. The molecule has 7 heteroatoms. The van der Waals surface area contributed by atoms with Crippen molar-refractivity contribution >= 4 is 16.2 Å². The number of rotatable bonds is 6. The number of hydrogen-bond donors (Lipinski definition) is 1. The molecule has 0 bridgehead atoms. The van der Waals surface area contributed by atoms with Gasteiger partial charge in [-0.1, -0.05) is 13.8 Å². The second-order valence-electron chi connectivity index (χ2n) is 5.87. The topological polar surface area (TPSA) is 75.7 Å². The van der Waals surface area contributed by atoms with E-state index in [9.17, 15) is 13.2 Å². The minimum Gasteiger partial charge on any atom is -0.469 e. The van der Waals surface area contributed by atoms with Gasteiger partial charge in [-0.25, -0.2) is 0 Å². The highest BCUT2D eigenvalue weighted by Crippen LogP contribution is 2.37. The van der Waals surface area contributed by atoms with E-state index >= 15 is 0 Å². The van der Waals surface area contributed by atoms with Gasteiger partial charge in [0.1, 0.15) is 0 Å². The van der Waals surface area contributed by atoms with Crippen LogP contribution in [0.3, 0.4) is 0 Å². The van der Waals surface area contributed by atoms with Gasteiger partial charge in [0.25, 0.3) is 10.2 Å². The van der Waals surface area contributed by atoms with Crippen LogP contribution in [0, 0.1) is 5.41 Å². The van der Waals surface area contributed by atoms with Gasteiger partial charge in [0, 0.05) is 19.6 Å². The third-order valence-corrected chi connectivity index (χ3v) is 5.19. The third-order valence-electron chi connectivity index (χ3n) is 3.55. The summed E-state index contributed by atoms with van der Waals surface area (Å²) >= 11 is 0. The first-order valence-corrected chi connectivity index (χ1v) is 7.91. The molecular formula is C12H24N2O4S. The van der Waals surface area contributed by atoms with E-state index in [0.29, 0.717) is 0 Å². The molecule has 0 saturated heterocycles. The van der Waals surface area contributed by atoms with Gasteiger partial charge < -0.3 is 4.74 Å². The number of nitrogens with one attached hydrogen (secondary N) is 1. The molecule has 1 aliphatic carbocycles. The minimum atomic E-state index is -3.52. The maximum absolute atomic E-state index is 12.1. The summed E-state index contributed by atoms with van der Waals surface area (Å²) in [6, 6.07) is -0.0134. The molecular weight excluding hydrogens is 268 g/mol. The van der Waals surface area contributed by atoms with Crippen molar-refractivity contribution in [2.24, 2.45) is 5.41 Å². The first-order valence-electron chi connectivity index (χ1n) is 6.47. The summed E-state index contributed by atoms with van der Waals surface area (Å²) in [6.07, 6.45) is 2.78. The van der Waals surface area contributed by atoms with Crippen molar-refractivity contribution in [2.75, 3.05) is 20.7 Å². The monoisotopic (exact) mass is 292 g/mol. The largest absolute Gasteiger partial charge is 0.469 e. The summed E-state index contributed by atoms with van der Waals surface area (Å²) in [7, 11) is -0.771. The molecule has 0 spiro atoms. The summed E-state index contributed by atoms with van der Waals surface area (Å²) in [5.41, 5.74) is 0.192. The number of carbonyl (C=O) groups is 1. The molecule has 1 unspecified atom stereocenters. The summed E-state index contributed by atoms with van der Waals surface area (Å²) < 4.78 is 32.5. The Morgan fingerprint density at radius 3 is 2.58 bits per heavy atom. The van der Waals surface area contributed by atoms with E-state index < -0.39 is 16.2 Å². The molecule has 112 valence electrons.